The average molecular weight is 334 g/mol. The minimum Gasteiger partial charge on any atom is -0.457 e. The van der Waals surface area contributed by atoms with Gasteiger partial charge >= 0.3 is 0 Å². The fourth-order valence-corrected chi connectivity index (χ4v) is 2.41. The maximum Gasteiger partial charge on any atom is 0.128 e. The van der Waals surface area contributed by atoms with Gasteiger partial charge in [-0.1, -0.05) is 35.0 Å². The summed E-state index contributed by atoms with van der Waals surface area (Å²) in [4.78, 5) is 0. The molecule has 0 saturated heterocycles. The SMILES string of the molecule is CCNCc1ccc(Oc2ccc(C)c(C)c2)cc1Br. The predicted molar refractivity (Wildman–Crippen MR) is 87.5 cm³/mol. The number of benzene rings is 2. The maximum absolute atomic E-state index is 5.90. The zero-order valence-corrected chi connectivity index (χ0v) is 13.8. The third kappa shape index (κ3) is 3.84. The lowest BCUT2D eigenvalue weighted by Crippen LogP contribution is -2.11. The highest BCUT2D eigenvalue weighted by Gasteiger charge is 2.04. The van der Waals surface area contributed by atoms with Gasteiger partial charge in [0.1, 0.15) is 11.5 Å². The molecule has 0 bridgehead atoms. The molecule has 106 valence electrons. The van der Waals surface area contributed by atoms with Gasteiger partial charge < -0.3 is 10.1 Å². The molecule has 0 aliphatic heterocycles. The van der Waals surface area contributed by atoms with Crippen molar-refractivity contribution in [2.24, 2.45) is 0 Å². The Hall–Kier alpha value is -1.32. The lowest BCUT2D eigenvalue weighted by molar-refractivity contribution is 0.481. The number of aryl methyl sites for hydroxylation is 2. The Morgan fingerprint density at radius 1 is 1.00 bits per heavy atom. The van der Waals surface area contributed by atoms with Crippen molar-refractivity contribution < 1.29 is 4.74 Å². The molecular formula is C17H20BrNO. The molecule has 1 N–H and O–H groups in total. The van der Waals surface area contributed by atoms with Crippen molar-refractivity contribution in [1.29, 1.82) is 0 Å². The van der Waals surface area contributed by atoms with Gasteiger partial charge in [0.2, 0.25) is 0 Å². The molecular weight excluding hydrogens is 314 g/mol. The van der Waals surface area contributed by atoms with Gasteiger partial charge in [-0.25, -0.2) is 0 Å². The summed E-state index contributed by atoms with van der Waals surface area (Å²) in [6.45, 7) is 8.13. The average Bonchev–Trinajstić information content (AvgIpc) is 2.42. The second-order valence-electron chi connectivity index (χ2n) is 4.88. The van der Waals surface area contributed by atoms with Crippen LogP contribution in [0.3, 0.4) is 0 Å². The monoisotopic (exact) mass is 333 g/mol. The van der Waals surface area contributed by atoms with E-state index in [1.54, 1.807) is 0 Å². The van der Waals surface area contributed by atoms with Crippen molar-refractivity contribution >= 4 is 15.9 Å². The van der Waals surface area contributed by atoms with E-state index in [9.17, 15) is 0 Å². The topological polar surface area (TPSA) is 21.3 Å². The Morgan fingerprint density at radius 3 is 2.35 bits per heavy atom. The Balaban J connectivity index is 2.13. The zero-order chi connectivity index (χ0) is 14.5. The summed E-state index contributed by atoms with van der Waals surface area (Å²) in [5, 5.41) is 3.32. The molecule has 2 rings (SSSR count). The van der Waals surface area contributed by atoms with Gasteiger partial charge in [-0.05, 0) is 61.3 Å². The summed E-state index contributed by atoms with van der Waals surface area (Å²) in [5.41, 5.74) is 3.75. The van der Waals surface area contributed by atoms with E-state index >= 15 is 0 Å². The molecule has 0 aliphatic rings. The lowest BCUT2D eigenvalue weighted by atomic mass is 10.1. The maximum atomic E-state index is 5.90. The fraction of sp³-hybridized carbons (Fsp3) is 0.294. The van der Waals surface area contributed by atoms with Crippen molar-refractivity contribution in [3.63, 3.8) is 0 Å². The molecule has 0 spiro atoms. The molecule has 0 saturated carbocycles. The van der Waals surface area contributed by atoms with Gasteiger partial charge in [-0.3, -0.25) is 0 Å². The van der Waals surface area contributed by atoms with Crippen LogP contribution >= 0.6 is 15.9 Å². The molecule has 0 unspecified atom stereocenters. The second-order valence-corrected chi connectivity index (χ2v) is 5.74. The number of hydrogen-bond acceptors (Lipinski definition) is 2. The van der Waals surface area contributed by atoms with Crippen LogP contribution in [0.1, 0.15) is 23.6 Å². The van der Waals surface area contributed by atoms with E-state index in [-0.39, 0.29) is 0 Å². The Labute approximate surface area is 129 Å². The van der Waals surface area contributed by atoms with Crippen LogP contribution in [0.5, 0.6) is 11.5 Å². The molecule has 0 radical (unpaired) electrons. The molecule has 0 heterocycles. The number of halogens is 1. The van der Waals surface area contributed by atoms with Crippen LogP contribution in [0.4, 0.5) is 0 Å². The quantitative estimate of drug-likeness (QED) is 0.834. The van der Waals surface area contributed by atoms with Gasteiger partial charge in [-0.15, -0.1) is 0 Å². The Bertz CT molecular complexity index is 596. The van der Waals surface area contributed by atoms with Crippen LogP contribution in [0, 0.1) is 13.8 Å². The molecule has 0 atom stereocenters. The highest BCUT2D eigenvalue weighted by atomic mass is 79.9. The van der Waals surface area contributed by atoms with Crippen molar-refractivity contribution in [2.45, 2.75) is 27.3 Å². The van der Waals surface area contributed by atoms with E-state index in [4.69, 9.17) is 4.74 Å². The second kappa shape index (κ2) is 6.91. The number of nitrogens with one attached hydrogen (secondary N) is 1. The van der Waals surface area contributed by atoms with Crippen molar-refractivity contribution in [3.8, 4) is 11.5 Å². The first kappa shape index (κ1) is 15.1. The standard InChI is InChI=1S/C17H20BrNO/c1-4-19-11-14-6-8-16(10-17(14)18)20-15-7-5-12(2)13(3)9-15/h5-10,19H,4,11H2,1-3H3. The summed E-state index contributed by atoms with van der Waals surface area (Å²) in [7, 11) is 0. The van der Waals surface area contributed by atoms with Crippen LogP contribution in [-0.4, -0.2) is 6.54 Å². The van der Waals surface area contributed by atoms with E-state index in [0.29, 0.717) is 0 Å². The normalized spacial score (nSPS) is 10.6. The van der Waals surface area contributed by atoms with Crippen molar-refractivity contribution in [1.82, 2.24) is 5.32 Å². The summed E-state index contributed by atoms with van der Waals surface area (Å²) >= 11 is 3.60. The highest BCUT2D eigenvalue weighted by molar-refractivity contribution is 9.10. The van der Waals surface area contributed by atoms with Crippen LogP contribution < -0.4 is 10.1 Å². The van der Waals surface area contributed by atoms with Crippen molar-refractivity contribution in [3.05, 3.63) is 57.6 Å². The van der Waals surface area contributed by atoms with Crippen LogP contribution in [0.2, 0.25) is 0 Å². The van der Waals surface area contributed by atoms with E-state index in [1.165, 1.54) is 16.7 Å². The van der Waals surface area contributed by atoms with Gasteiger partial charge in [0.15, 0.2) is 0 Å². The molecule has 20 heavy (non-hydrogen) atoms. The van der Waals surface area contributed by atoms with Gasteiger partial charge in [-0.2, -0.15) is 0 Å². The number of hydrogen-bond donors (Lipinski definition) is 1. The smallest absolute Gasteiger partial charge is 0.128 e. The zero-order valence-electron chi connectivity index (χ0n) is 12.2. The molecule has 0 amide bonds. The molecule has 0 aromatic heterocycles. The largest absolute Gasteiger partial charge is 0.457 e. The summed E-state index contributed by atoms with van der Waals surface area (Å²) in [6.07, 6.45) is 0. The summed E-state index contributed by atoms with van der Waals surface area (Å²) < 4.78 is 6.97. The first-order chi connectivity index (χ1) is 9.60. The third-order valence-electron chi connectivity index (χ3n) is 3.30. The number of rotatable bonds is 5. The molecule has 2 nitrogen and oxygen atoms in total. The van der Waals surface area contributed by atoms with Crippen LogP contribution in [0.25, 0.3) is 0 Å². The van der Waals surface area contributed by atoms with Crippen LogP contribution in [-0.2, 0) is 6.54 Å². The summed E-state index contributed by atoms with van der Waals surface area (Å²) in [6, 6.07) is 12.3. The van der Waals surface area contributed by atoms with E-state index < -0.39 is 0 Å². The number of ether oxygens (including phenoxy) is 1. The highest BCUT2D eigenvalue weighted by Crippen LogP contribution is 2.28. The van der Waals surface area contributed by atoms with E-state index in [1.807, 2.05) is 18.2 Å². The predicted octanol–water partition coefficient (Wildman–Crippen LogP) is 4.97. The molecule has 2 aromatic rings. The molecule has 2 aromatic carbocycles. The third-order valence-corrected chi connectivity index (χ3v) is 4.04. The van der Waals surface area contributed by atoms with Gasteiger partial charge in [0.05, 0.1) is 0 Å². The first-order valence-electron chi connectivity index (χ1n) is 6.84. The first-order valence-corrected chi connectivity index (χ1v) is 7.63. The molecule has 3 heteroatoms. The van der Waals surface area contributed by atoms with Crippen molar-refractivity contribution in [2.75, 3.05) is 6.54 Å². The Kier molecular flexibility index (Phi) is 5.21. The Morgan fingerprint density at radius 2 is 1.70 bits per heavy atom. The van der Waals surface area contributed by atoms with Gasteiger partial charge in [0, 0.05) is 11.0 Å². The summed E-state index contributed by atoms with van der Waals surface area (Å²) in [5.74, 6) is 1.72. The van der Waals surface area contributed by atoms with E-state index in [2.05, 4.69) is 60.2 Å². The molecule has 0 aliphatic carbocycles. The minimum atomic E-state index is 0.848. The van der Waals surface area contributed by atoms with E-state index in [0.717, 1.165) is 29.1 Å². The van der Waals surface area contributed by atoms with Gasteiger partial charge in [0.25, 0.3) is 0 Å². The lowest BCUT2D eigenvalue weighted by Gasteiger charge is -2.10. The minimum absolute atomic E-state index is 0.848. The molecule has 0 fully saturated rings. The van der Waals surface area contributed by atoms with Crippen LogP contribution in [0.15, 0.2) is 40.9 Å². The fourth-order valence-electron chi connectivity index (χ4n) is 1.91.